The fourth-order valence-electron chi connectivity index (χ4n) is 1.21. The first-order valence-electron chi connectivity index (χ1n) is 3.69. The molecule has 3 heteroatoms. The number of hydrogen-bond donors (Lipinski definition) is 0. The monoisotopic (exact) mass is 179 g/mol. The summed E-state index contributed by atoms with van der Waals surface area (Å²) in [5.74, 6) is 0. The highest BCUT2D eigenvalue weighted by atomic mass is 32.2. The van der Waals surface area contributed by atoms with E-state index in [1.54, 1.807) is 11.8 Å². The summed E-state index contributed by atoms with van der Waals surface area (Å²) < 4.78 is 5.19. The lowest BCUT2D eigenvalue weighted by Gasteiger charge is -1.99. The molecule has 2 aromatic rings. The van der Waals surface area contributed by atoms with E-state index in [9.17, 15) is 0 Å². The van der Waals surface area contributed by atoms with Gasteiger partial charge in [0.25, 0.3) is 0 Å². The highest BCUT2D eigenvalue weighted by molar-refractivity contribution is 7.98. The highest BCUT2D eigenvalue weighted by Gasteiger charge is 2.02. The molecule has 0 amide bonds. The zero-order chi connectivity index (χ0) is 8.55. The van der Waals surface area contributed by atoms with Crippen LogP contribution in [0, 0.1) is 6.92 Å². The number of thioether (sulfide) groups is 1. The van der Waals surface area contributed by atoms with E-state index in [4.69, 9.17) is 4.42 Å². The van der Waals surface area contributed by atoms with Gasteiger partial charge in [-0.15, -0.1) is 11.8 Å². The fraction of sp³-hybridized carbons (Fsp3) is 0.222. The minimum absolute atomic E-state index is 0.866. The van der Waals surface area contributed by atoms with E-state index < -0.39 is 0 Å². The molecule has 1 heterocycles. The molecule has 0 fully saturated rings. The third-order valence-electron chi connectivity index (χ3n) is 1.85. The molecule has 0 radical (unpaired) electrons. The second-order valence-electron chi connectivity index (χ2n) is 2.64. The van der Waals surface area contributed by atoms with Gasteiger partial charge < -0.3 is 4.42 Å². The zero-order valence-corrected chi connectivity index (χ0v) is 7.81. The van der Waals surface area contributed by atoms with Gasteiger partial charge in [-0.3, -0.25) is 0 Å². The molecule has 2 nitrogen and oxygen atoms in total. The molecule has 1 aromatic heterocycles. The summed E-state index contributed by atoms with van der Waals surface area (Å²) in [6, 6.07) is 4.08. The third-order valence-corrected chi connectivity index (χ3v) is 2.73. The van der Waals surface area contributed by atoms with E-state index in [0.29, 0.717) is 0 Å². The first kappa shape index (κ1) is 7.68. The SMILES string of the molecule is CSc1cc2ocnc2cc1C. The van der Waals surface area contributed by atoms with E-state index in [0.717, 1.165) is 11.1 Å². The number of nitrogens with zero attached hydrogens (tertiary/aromatic N) is 1. The average molecular weight is 179 g/mol. The molecule has 0 N–H and O–H groups in total. The number of benzene rings is 1. The number of aryl methyl sites for hydroxylation is 1. The summed E-state index contributed by atoms with van der Waals surface area (Å²) in [5.41, 5.74) is 3.05. The van der Waals surface area contributed by atoms with Gasteiger partial charge in [-0.05, 0) is 30.9 Å². The molecule has 0 unspecified atom stereocenters. The molecule has 0 atom stereocenters. The molecule has 0 bridgehead atoms. The van der Waals surface area contributed by atoms with Crippen molar-refractivity contribution < 1.29 is 4.42 Å². The van der Waals surface area contributed by atoms with Crippen LogP contribution in [0.2, 0.25) is 0 Å². The largest absolute Gasteiger partial charge is 0.443 e. The molecule has 0 spiro atoms. The van der Waals surface area contributed by atoms with Crippen LogP contribution in [-0.2, 0) is 0 Å². The summed E-state index contributed by atoms with van der Waals surface area (Å²) in [7, 11) is 0. The van der Waals surface area contributed by atoms with Crippen LogP contribution in [0.4, 0.5) is 0 Å². The summed E-state index contributed by atoms with van der Waals surface area (Å²) in [4.78, 5) is 5.33. The van der Waals surface area contributed by atoms with Gasteiger partial charge in [0.05, 0.1) is 0 Å². The van der Waals surface area contributed by atoms with Crippen molar-refractivity contribution in [2.24, 2.45) is 0 Å². The van der Waals surface area contributed by atoms with E-state index in [-0.39, 0.29) is 0 Å². The Hall–Kier alpha value is -0.960. The lowest BCUT2D eigenvalue weighted by molar-refractivity contribution is 0.601. The van der Waals surface area contributed by atoms with Crippen LogP contribution in [0.1, 0.15) is 5.56 Å². The minimum atomic E-state index is 0.866. The number of aromatic nitrogens is 1. The normalized spacial score (nSPS) is 10.8. The maximum absolute atomic E-state index is 5.19. The first-order valence-corrected chi connectivity index (χ1v) is 4.91. The van der Waals surface area contributed by atoms with Crippen molar-refractivity contribution in [2.75, 3.05) is 6.26 Å². The zero-order valence-electron chi connectivity index (χ0n) is 7.00. The van der Waals surface area contributed by atoms with Gasteiger partial charge in [0, 0.05) is 4.90 Å². The van der Waals surface area contributed by atoms with Gasteiger partial charge in [-0.25, -0.2) is 4.98 Å². The second kappa shape index (κ2) is 2.83. The quantitative estimate of drug-likeness (QED) is 0.629. The molecular formula is C9H9NOS. The van der Waals surface area contributed by atoms with Crippen molar-refractivity contribution in [3.05, 3.63) is 24.1 Å². The Labute approximate surface area is 75.0 Å². The number of fused-ring (bicyclic) bond motifs is 1. The van der Waals surface area contributed by atoms with Crippen LogP contribution >= 0.6 is 11.8 Å². The van der Waals surface area contributed by atoms with Crippen molar-refractivity contribution in [1.29, 1.82) is 0 Å². The maximum Gasteiger partial charge on any atom is 0.181 e. The van der Waals surface area contributed by atoms with Crippen molar-refractivity contribution in [3.63, 3.8) is 0 Å². The predicted molar refractivity (Wildman–Crippen MR) is 50.5 cm³/mol. The molecule has 12 heavy (non-hydrogen) atoms. The molecule has 0 saturated carbocycles. The van der Waals surface area contributed by atoms with Gasteiger partial charge in [0.15, 0.2) is 12.0 Å². The van der Waals surface area contributed by atoms with Crippen LogP contribution in [0.3, 0.4) is 0 Å². The lowest BCUT2D eigenvalue weighted by atomic mass is 10.2. The average Bonchev–Trinajstić information content (AvgIpc) is 2.49. The van der Waals surface area contributed by atoms with Crippen LogP contribution < -0.4 is 0 Å². The van der Waals surface area contributed by atoms with Crippen LogP contribution in [0.5, 0.6) is 0 Å². The van der Waals surface area contributed by atoms with E-state index in [1.165, 1.54) is 16.9 Å². The van der Waals surface area contributed by atoms with Gasteiger partial charge in [-0.1, -0.05) is 0 Å². The smallest absolute Gasteiger partial charge is 0.181 e. The van der Waals surface area contributed by atoms with Crippen molar-refractivity contribution >= 4 is 22.9 Å². The van der Waals surface area contributed by atoms with Crippen LogP contribution in [0.15, 0.2) is 27.8 Å². The van der Waals surface area contributed by atoms with Gasteiger partial charge in [-0.2, -0.15) is 0 Å². The van der Waals surface area contributed by atoms with Crippen LogP contribution in [0.25, 0.3) is 11.1 Å². The fourth-order valence-corrected chi connectivity index (χ4v) is 1.82. The molecular weight excluding hydrogens is 170 g/mol. The standard InChI is InChI=1S/C9H9NOS/c1-6-3-7-8(11-5-10-7)4-9(6)12-2/h3-5H,1-2H3. The van der Waals surface area contributed by atoms with Crippen molar-refractivity contribution in [1.82, 2.24) is 4.98 Å². The molecule has 62 valence electrons. The second-order valence-corrected chi connectivity index (χ2v) is 3.49. The maximum atomic E-state index is 5.19. The Balaban J connectivity index is 2.73. The Bertz CT molecular complexity index is 408. The highest BCUT2D eigenvalue weighted by Crippen LogP contribution is 2.24. The van der Waals surface area contributed by atoms with Crippen molar-refractivity contribution in [3.8, 4) is 0 Å². The molecule has 2 rings (SSSR count). The first-order chi connectivity index (χ1) is 5.81. The molecule has 1 aromatic carbocycles. The van der Waals surface area contributed by atoms with Gasteiger partial charge in [0.2, 0.25) is 0 Å². The number of rotatable bonds is 1. The third kappa shape index (κ3) is 1.10. The Kier molecular flexibility index (Phi) is 1.81. The Morgan fingerprint density at radius 2 is 2.25 bits per heavy atom. The number of hydrogen-bond acceptors (Lipinski definition) is 3. The number of oxazole rings is 1. The summed E-state index contributed by atoms with van der Waals surface area (Å²) in [6.45, 7) is 2.08. The Morgan fingerprint density at radius 1 is 1.42 bits per heavy atom. The predicted octanol–water partition coefficient (Wildman–Crippen LogP) is 2.86. The Morgan fingerprint density at radius 3 is 3.00 bits per heavy atom. The molecule has 0 aliphatic heterocycles. The molecule has 0 aliphatic carbocycles. The van der Waals surface area contributed by atoms with E-state index >= 15 is 0 Å². The summed E-state index contributed by atoms with van der Waals surface area (Å²) in [6.07, 6.45) is 3.54. The van der Waals surface area contributed by atoms with Crippen LogP contribution in [-0.4, -0.2) is 11.2 Å². The van der Waals surface area contributed by atoms with E-state index in [1.807, 2.05) is 12.1 Å². The van der Waals surface area contributed by atoms with Gasteiger partial charge in [0.1, 0.15) is 5.52 Å². The molecule has 0 saturated heterocycles. The topological polar surface area (TPSA) is 26.0 Å². The summed E-state index contributed by atoms with van der Waals surface area (Å²) in [5, 5.41) is 0. The van der Waals surface area contributed by atoms with Gasteiger partial charge >= 0.3 is 0 Å². The van der Waals surface area contributed by atoms with Crippen molar-refractivity contribution in [2.45, 2.75) is 11.8 Å². The molecule has 0 aliphatic rings. The summed E-state index contributed by atoms with van der Waals surface area (Å²) >= 11 is 1.73. The minimum Gasteiger partial charge on any atom is -0.443 e. The lowest BCUT2D eigenvalue weighted by Crippen LogP contribution is -1.78. The van der Waals surface area contributed by atoms with E-state index in [2.05, 4.69) is 18.2 Å².